The maximum Gasteiger partial charge on any atom is 0.387 e. The van der Waals surface area contributed by atoms with Crippen LogP contribution in [-0.2, 0) is 6.42 Å². The Kier molecular flexibility index (Phi) is 7.83. The number of guanidine groups is 1. The molecule has 0 aliphatic heterocycles. The first kappa shape index (κ1) is 22.6. The molecule has 0 saturated heterocycles. The number of benzene rings is 2. The number of alkyl halides is 2. The van der Waals surface area contributed by atoms with Gasteiger partial charge in [-0.3, -0.25) is 4.99 Å². The van der Waals surface area contributed by atoms with Gasteiger partial charge in [0.1, 0.15) is 5.75 Å². The van der Waals surface area contributed by atoms with Gasteiger partial charge in [-0.15, -0.1) is 0 Å². The lowest BCUT2D eigenvalue weighted by molar-refractivity contribution is -0.0498. The molecular formula is C23H28F2N4O2. The molecule has 0 amide bonds. The van der Waals surface area contributed by atoms with Crippen LogP contribution in [0.2, 0.25) is 0 Å². The van der Waals surface area contributed by atoms with Crippen LogP contribution in [0, 0.1) is 6.92 Å². The van der Waals surface area contributed by atoms with Crippen molar-refractivity contribution in [2.24, 2.45) is 4.99 Å². The molecule has 8 heteroatoms. The highest BCUT2D eigenvalue weighted by Gasteiger charge is 2.11. The fourth-order valence-corrected chi connectivity index (χ4v) is 3.46. The van der Waals surface area contributed by atoms with Crippen LogP contribution in [-0.4, -0.2) is 42.3 Å². The Labute approximate surface area is 180 Å². The number of hydrogen-bond acceptors (Lipinski definition) is 3. The first-order chi connectivity index (χ1) is 15.0. The molecule has 1 aromatic heterocycles. The van der Waals surface area contributed by atoms with E-state index < -0.39 is 12.7 Å². The fraction of sp³-hybridized carbons (Fsp3) is 0.348. The molecule has 4 N–H and O–H groups in total. The summed E-state index contributed by atoms with van der Waals surface area (Å²) in [5.74, 6) is 0.661. The van der Waals surface area contributed by atoms with Crippen LogP contribution < -0.4 is 15.4 Å². The highest BCUT2D eigenvalue weighted by atomic mass is 19.3. The number of nitrogens with zero attached hydrogens (tertiary/aromatic N) is 1. The number of fused-ring (bicyclic) bond motifs is 1. The van der Waals surface area contributed by atoms with Crippen LogP contribution in [0.15, 0.2) is 53.5 Å². The summed E-state index contributed by atoms with van der Waals surface area (Å²) in [5.41, 5.74) is 4.13. The molecule has 1 unspecified atom stereocenters. The average Bonchev–Trinajstić information content (AvgIpc) is 3.07. The quantitative estimate of drug-likeness (QED) is 0.307. The van der Waals surface area contributed by atoms with Crippen molar-refractivity contribution in [2.45, 2.75) is 33.0 Å². The molecular weight excluding hydrogens is 402 g/mol. The second kappa shape index (κ2) is 10.8. The third kappa shape index (κ3) is 6.18. The Morgan fingerprint density at radius 2 is 1.87 bits per heavy atom. The van der Waals surface area contributed by atoms with Gasteiger partial charge in [0.15, 0.2) is 5.96 Å². The van der Waals surface area contributed by atoms with E-state index in [0.29, 0.717) is 24.6 Å². The molecule has 2 aromatic carbocycles. The Balaban J connectivity index is 1.57. The molecule has 1 atom stereocenters. The van der Waals surface area contributed by atoms with Gasteiger partial charge < -0.3 is 25.5 Å². The van der Waals surface area contributed by atoms with Crippen LogP contribution in [0.5, 0.6) is 5.75 Å². The average molecular weight is 430 g/mol. The van der Waals surface area contributed by atoms with Gasteiger partial charge in [0.25, 0.3) is 0 Å². The number of aromatic nitrogens is 1. The third-order valence-electron chi connectivity index (χ3n) is 4.95. The molecule has 1 heterocycles. The van der Waals surface area contributed by atoms with Crippen molar-refractivity contribution in [1.82, 2.24) is 15.6 Å². The molecule has 3 aromatic rings. The number of aryl methyl sites for hydroxylation is 1. The molecule has 6 nitrogen and oxygen atoms in total. The van der Waals surface area contributed by atoms with Crippen LogP contribution in [0.25, 0.3) is 10.9 Å². The van der Waals surface area contributed by atoms with Crippen molar-refractivity contribution in [3.63, 3.8) is 0 Å². The number of nitrogens with one attached hydrogen (secondary N) is 3. The van der Waals surface area contributed by atoms with E-state index in [-0.39, 0.29) is 12.3 Å². The molecule has 3 rings (SSSR count). The number of rotatable bonds is 9. The highest BCUT2D eigenvalue weighted by molar-refractivity contribution is 5.84. The van der Waals surface area contributed by atoms with Crippen molar-refractivity contribution in [1.29, 1.82) is 0 Å². The van der Waals surface area contributed by atoms with Crippen LogP contribution in [0.4, 0.5) is 8.78 Å². The molecule has 0 aliphatic rings. The van der Waals surface area contributed by atoms with Crippen LogP contribution in [0.1, 0.15) is 29.8 Å². The van der Waals surface area contributed by atoms with Crippen molar-refractivity contribution >= 4 is 16.9 Å². The number of aliphatic hydroxyl groups is 1. The van der Waals surface area contributed by atoms with E-state index in [4.69, 9.17) is 0 Å². The number of H-pyrrole nitrogens is 1. The Morgan fingerprint density at radius 1 is 1.13 bits per heavy atom. The molecule has 31 heavy (non-hydrogen) atoms. The molecule has 0 bridgehead atoms. The van der Waals surface area contributed by atoms with E-state index in [9.17, 15) is 13.9 Å². The minimum atomic E-state index is -2.87. The molecule has 0 spiro atoms. The lowest BCUT2D eigenvalue weighted by Crippen LogP contribution is -2.38. The van der Waals surface area contributed by atoms with Crippen LogP contribution in [0.3, 0.4) is 0 Å². The fourth-order valence-electron chi connectivity index (χ4n) is 3.46. The first-order valence-electron chi connectivity index (χ1n) is 10.3. The number of para-hydroxylation sites is 1. The normalized spacial score (nSPS) is 12.9. The topological polar surface area (TPSA) is 81.7 Å². The monoisotopic (exact) mass is 430 g/mol. The second-order valence-electron chi connectivity index (χ2n) is 7.13. The van der Waals surface area contributed by atoms with E-state index in [1.807, 2.05) is 19.1 Å². The van der Waals surface area contributed by atoms with Gasteiger partial charge in [0, 0.05) is 29.7 Å². The number of aliphatic imine (C=N–C) groups is 1. The minimum absolute atomic E-state index is 0.0528. The van der Waals surface area contributed by atoms with Gasteiger partial charge in [-0.2, -0.15) is 8.78 Å². The van der Waals surface area contributed by atoms with Crippen molar-refractivity contribution in [3.8, 4) is 5.75 Å². The molecule has 0 saturated carbocycles. The van der Waals surface area contributed by atoms with Crippen molar-refractivity contribution in [3.05, 3.63) is 65.4 Å². The van der Waals surface area contributed by atoms with Gasteiger partial charge in [-0.1, -0.05) is 30.3 Å². The lowest BCUT2D eigenvalue weighted by atomic mass is 10.1. The van der Waals surface area contributed by atoms with E-state index in [1.165, 1.54) is 23.1 Å². The number of aromatic amines is 1. The Morgan fingerprint density at radius 3 is 2.58 bits per heavy atom. The number of ether oxygens (including phenoxy) is 1. The highest BCUT2D eigenvalue weighted by Crippen LogP contribution is 2.22. The predicted octanol–water partition coefficient (Wildman–Crippen LogP) is 3.91. The smallest absolute Gasteiger partial charge is 0.387 e. The predicted molar refractivity (Wildman–Crippen MR) is 119 cm³/mol. The lowest BCUT2D eigenvalue weighted by Gasteiger charge is -2.14. The summed E-state index contributed by atoms with van der Waals surface area (Å²) < 4.78 is 28.8. The Hall–Kier alpha value is -3.13. The standard InChI is InChI=1S/C23H28F2N4O2/c1-3-26-23(27-13-12-18-15(2)29-20-7-5-4-6-19(18)20)28-14-21(30)16-8-10-17(11-9-16)31-22(24)25/h4-11,21-22,29-30H,3,12-14H2,1-2H3,(H2,26,27,28). The molecule has 0 aliphatic carbocycles. The van der Waals surface area contributed by atoms with E-state index in [0.717, 1.165) is 17.6 Å². The van der Waals surface area contributed by atoms with Crippen LogP contribution >= 0.6 is 0 Å². The van der Waals surface area contributed by atoms with E-state index in [2.05, 4.69) is 44.4 Å². The van der Waals surface area contributed by atoms with Crippen molar-refractivity contribution in [2.75, 3.05) is 19.6 Å². The third-order valence-corrected chi connectivity index (χ3v) is 4.95. The number of aliphatic hydroxyl groups excluding tert-OH is 1. The molecule has 0 fully saturated rings. The van der Waals surface area contributed by atoms with Gasteiger partial charge in [-0.05, 0) is 49.6 Å². The summed E-state index contributed by atoms with van der Waals surface area (Å²) in [5, 5.41) is 18.1. The molecule has 0 radical (unpaired) electrons. The van der Waals surface area contributed by atoms with Gasteiger partial charge in [0.2, 0.25) is 0 Å². The summed E-state index contributed by atoms with van der Waals surface area (Å²) in [6.07, 6.45) is -0.0269. The zero-order chi connectivity index (χ0) is 22.2. The van der Waals surface area contributed by atoms with Crippen molar-refractivity contribution < 1.29 is 18.6 Å². The maximum absolute atomic E-state index is 12.2. The molecule has 166 valence electrons. The second-order valence-corrected chi connectivity index (χ2v) is 7.13. The number of hydrogen-bond donors (Lipinski definition) is 4. The Bertz CT molecular complexity index is 1000. The first-order valence-corrected chi connectivity index (χ1v) is 10.3. The zero-order valence-electron chi connectivity index (χ0n) is 17.7. The van der Waals surface area contributed by atoms with E-state index >= 15 is 0 Å². The summed E-state index contributed by atoms with van der Waals surface area (Å²) in [6, 6.07) is 14.1. The summed E-state index contributed by atoms with van der Waals surface area (Å²) >= 11 is 0. The van der Waals surface area contributed by atoms with Gasteiger partial charge >= 0.3 is 6.61 Å². The van der Waals surface area contributed by atoms with E-state index in [1.54, 1.807) is 12.1 Å². The number of halogens is 2. The largest absolute Gasteiger partial charge is 0.435 e. The van der Waals surface area contributed by atoms with Gasteiger partial charge in [0.05, 0.1) is 12.6 Å². The minimum Gasteiger partial charge on any atom is -0.435 e. The maximum atomic E-state index is 12.2. The summed E-state index contributed by atoms with van der Waals surface area (Å²) in [4.78, 5) is 7.86. The SMILES string of the molecule is CCNC(=NCC(O)c1ccc(OC(F)F)cc1)NCCc1c(C)[nH]c2ccccc12. The van der Waals surface area contributed by atoms with Gasteiger partial charge in [-0.25, -0.2) is 0 Å². The zero-order valence-corrected chi connectivity index (χ0v) is 17.7. The summed E-state index contributed by atoms with van der Waals surface area (Å²) in [7, 11) is 0. The summed E-state index contributed by atoms with van der Waals surface area (Å²) in [6.45, 7) is 2.68.